The predicted octanol–water partition coefficient (Wildman–Crippen LogP) is -0.00820. The Hall–Kier alpha value is -0.710. The Labute approximate surface area is 82.8 Å². The second kappa shape index (κ2) is 7.91. The first-order valence-electron chi connectivity index (χ1n) is 4.17. The molecule has 0 aliphatic rings. The van der Waals surface area contributed by atoms with E-state index in [1.165, 1.54) is 18.7 Å². The van der Waals surface area contributed by atoms with Gasteiger partial charge in [0.15, 0.2) is 0 Å². The van der Waals surface area contributed by atoms with E-state index in [0.29, 0.717) is 18.8 Å². The van der Waals surface area contributed by atoms with Crippen molar-refractivity contribution >= 4 is 23.6 Å². The molecule has 13 heavy (non-hydrogen) atoms. The molecule has 0 heterocycles. The van der Waals surface area contributed by atoms with Crippen molar-refractivity contribution < 1.29 is 9.59 Å². The number of nitrogens with one attached hydrogen (secondary N) is 2. The van der Waals surface area contributed by atoms with Gasteiger partial charge >= 0.3 is 0 Å². The molecule has 0 radical (unpaired) electrons. The normalized spacial score (nSPS) is 9.38. The van der Waals surface area contributed by atoms with Crippen LogP contribution in [0, 0.1) is 0 Å². The third-order valence-electron chi connectivity index (χ3n) is 1.33. The Morgan fingerprint density at radius 3 is 2.38 bits per heavy atom. The molecule has 0 aromatic heterocycles. The van der Waals surface area contributed by atoms with E-state index in [1.807, 2.05) is 6.26 Å². The largest absolute Gasteiger partial charge is 0.356 e. The monoisotopic (exact) mass is 204 g/mol. The molecule has 0 unspecified atom stereocenters. The van der Waals surface area contributed by atoms with Gasteiger partial charge in [0.25, 0.3) is 0 Å². The SMILES string of the molecule is CSCC(=O)NCCCNC(C)=O. The first-order valence-corrected chi connectivity index (χ1v) is 5.56. The molecule has 2 amide bonds. The second-order valence-electron chi connectivity index (χ2n) is 2.62. The lowest BCUT2D eigenvalue weighted by atomic mass is 10.4. The molecule has 0 rings (SSSR count). The van der Waals surface area contributed by atoms with Gasteiger partial charge in [-0.3, -0.25) is 9.59 Å². The molecule has 0 aliphatic heterocycles. The second-order valence-corrected chi connectivity index (χ2v) is 3.49. The van der Waals surface area contributed by atoms with E-state index in [4.69, 9.17) is 0 Å². The summed E-state index contributed by atoms with van der Waals surface area (Å²) >= 11 is 1.50. The number of thioether (sulfide) groups is 1. The van der Waals surface area contributed by atoms with Gasteiger partial charge < -0.3 is 10.6 Å². The Morgan fingerprint density at radius 2 is 1.85 bits per heavy atom. The van der Waals surface area contributed by atoms with E-state index in [-0.39, 0.29) is 11.8 Å². The van der Waals surface area contributed by atoms with Crippen LogP contribution in [0.4, 0.5) is 0 Å². The van der Waals surface area contributed by atoms with Crippen LogP contribution in [0.1, 0.15) is 13.3 Å². The van der Waals surface area contributed by atoms with Gasteiger partial charge in [0.2, 0.25) is 11.8 Å². The highest BCUT2D eigenvalue weighted by Gasteiger charge is 1.97. The number of rotatable bonds is 6. The zero-order chi connectivity index (χ0) is 10.1. The van der Waals surface area contributed by atoms with Crippen molar-refractivity contribution in [3.63, 3.8) is 0 Å². The molecule has 0 bridgehead atoms. The fourth-order valence-corrected chi connectivity index (χ4v) is 1.13. The van der Waals surface area contributed by atoms with E-state index in [0.717, 1.165) is 6.42 Å². The molecule has 76 valence electrons. The summed E-state index contributed by atoms with van der Waals surface area (Å²) in [6.45, 7) is 2.72. The van der Waals surface area contributed by atoms with E-state index < -0.39 is 0 Å². The maximum Gasteiger partial charge on any atom is 0.229 e. The molecule has 0 aromatic carbocycles. The van der Waals surface area contributed by atoms with Crippen molar-refractivity contribution in [2.24, 2.45) is 0 Å². The molecular weight excluding hydrogens is 188 g/mol. The molecule has 2 N–H and O–H groups in total. The molecule has 0 aromatic rings. The summed E-state index contributed by atoms with van der Waals surface area (Å²) in [6.07, 6.45) is 2.66. The minimum Gasteiger partial charge on any atom is -0.356 e. The fourth-order valence-electron chi connectivity index (χ4n) is 0.763. The Balaban J connectivity index is 3.16. The summed E-state index contributed by atoms with van der Waals surface area (Å²) in [5.74, 6) is 0.519. The van der Waals surface area contributed by atoms with Crippen molar-refractivity contribution in [1.82, 2.24) is 10.6 Å². The maximum absolute atomic E-state index is 10.9. The molecule has 0 saturated carbocycles. The van der Waals surface area contributed by atoms with Crippen molar-refractivity contribution in [2.75, 3.05) is 25.1 Å². The van der Waals surface area contributed by atoms with Crippen molar-refractivity contribution in [3.8, 4) is 0 Å². The van der Waals surface area contributed by atoms with Gasteiger partial charge in [0, 0.05) is 20.0 Å². The molecule has 0 spiro atoms. The van der Waals surface area contributed by atoms with Gasteiger partial charge in [0.1, 0.15) is 0 Å². The van der Waals surface area contributed by atoms with Crippen LogP contribution in [0.15, 0.2) is 0 Å². The Kier molecular flexibility index (Phi) is 7.48. The average molecular weight is 204 g/mol. The minimum absolute atomic E-state index is 0.0320. The Bertz CT molecular complexity index is 174. The molecule has 0 saturated heterocycles. The molecule has 0 fully saturated rings. The zero-order valence-electron chi connectivity index (χ0n) is 8.05. The average Bonchev–Trinajstić information content (AvgIpc) is 2.03. The molecule has 0 aliphatic carbocycles. The highest BCUT2D eigenvalue weighted by molar-refractivity contribution is 7.99. The quantitative estimate of drug-likeness (QED) is 0.598. The lowest BCUT2D eigenvalue weighted by molar-refractivity contribution is -0.119. The maximum atomic E-state index is 10.9. The van der Waals surface area contributed by atoms with E-state index in [9.17, 15) is 9.59 Å². The van der Waals surface area contributed by atoms with Crippen LogP contribution in [-0.4, -0.2) is 36.9 Å². The predicted molar refractivity (Wildman–Crippen MR) is 54.7 cm³/mol. The van der Waals surface area contributed by atoms with Gasteiger partial charge in [-0.05, 0) is 12.7 Å². The lowest BCUT2D eigenvalue weighted by Crippen LogP contribution is -2.29. The Morgan fingerprint density at radius 1 is 1.23 bits per heavy atom. The van der Waals surface area contributed by atoms with E-state index in [2.05, 4.69) is 10.6 Å². The lowest BCUT2D eigenvalue weighted by Gasteiger charge is -2.04. The topological polar surface area (TPSA) is 58.2 Å². The van der Waals surface area contributed by atoms with Gasteiger partial charge in [-0.15, -0.1) is 0 Å². The zero-order valence-corrected chi connectivity index (χ0v) is 8.87. The van der Waals surface area contributed by atoms with Gasteiger partial charge in [-0.2, -0.15) is 11.8 Å². The standard InChI is InChI=1S/C8H16N2O2S/c1-7(11)9-4-3-5-10-8(12)6-13-2/h3-6H2,1-2H3,(H,9,11)(H,10,12). The van der Waals surface area contributed by atoms with Crippen molar-refractivity contribution in [2.45, 2.75) is 13.3 Å². The number of carbonyl (C=O) groups excluding carboxylic acids is 2. The molecule has 4 nitrogen and oxygen atoms in total. The number of carbonyl (C=O) groups is 2. The van der Waals surface area contributed by atoms with Crippen LogP contribution >= 0.6 is 11.8 Å². The van der Waals surface area contributed by atoms with Crippen LogP contribution in [-0.2, 0) is 9.59 Å². The summed E-state index contributed by atoms with van der Waals surface area (Å²) in [5, 5.41) is 5.40. The van der Waals surface area contributed by atoms with Crippen LogP contribution in [0.3, 0.4) is 0 Å². The molecular formula is C8H16N2O2S. The summed E-state index contributed by atoms with van der Waals surface area (Å²) in [4.78, 5) is 21.4. The van der Waals surface area contributed by atoms with Crippen LogP contribution in [0.25, 0.3) is 0 Å². The van der Waals surface area contributed by atoms with Gasteiger partial charge in [-0.25, -0.2) is 0 Å². The first-order chi connectivity index (χ1) is 6.16. The van der Waals surface area contributed by atoms with E-state index in [1.54, 1.807) is 0 Å². The number of amides is 2. The fraction of sp³-hybridized carbons (Fsp3) is 0.750. The van der Waals surface area contributed by atoms with Gasteiger partial charge in [-0.1, -0.05) is 0 Å². The molecule has 5 heteroatoms. The third kappa shape index (κ3) is 9.20. The van der Waals surface area contributed by atoms with Crippen LogP contribution < -0.4 is 10.6 Å². The summed E-state index contributed by atoms with van der Waals surface area (Å²) in [5.41, 5.74) is 0. The molecule has 0 atom stereocenters. The van der Waals surface area contributed by atoms with Crippen LogP contribution in [0.2, 0.25) is 0 Å². The van der Waals surface area contributed by atoms with Gasteiger partial charge in [0.05, 0.1) is 5.75 Å². The van der Waals surface area contributed by atoms with Crippen molar-refractivity contribution in [1.29, 1.82) is 0 Å². The number of hydrogen-bond donors (Lipinski definition) is 2. The summed E-state index contributed by atoms with van der Waals surface area (Å²) in [7, 11) is 0. The summed E-state index contributed by atoms with van der Waals surface area (Å²) in [6, 6.07) is 0. The third-order valence-corrected chi connectivity index (χ3v) is 1.88. The highest BCUT2D eigenvalue weighted by atomic mass is 32.2. The number of hydrogen-bond acceptors (Lipinski definition) is 3. The highest BCUT2D eigenvalue weighted by Crippen LogP contribution is 1.88. The van der Waals surface area contributed by atoms with Crippen LogP contribution in [0.5, 0.6) is 0 Å². The van der Waals surface area contributed by atoms with Crippen molar-refractivity contribution in [3.05, 3.63) is 0 Å². The summed E-state index contributed by atoms with van der Waals surface area (Å²) < 4.78 is 0. The van der Waals surface area contributed by atoms with E-state index >= 15 is 0 Å². The smallest absolute Gasteiger partial charge is 0.229 e. The minimum atomic E-state index is -0.0320. The first kappa shape index (κ1) is 12.3.